The van der Waals surface area contributed by atoms with E-state index in [1.807, 2.05) is 42.5 Å². The largest absolute Gasteiger partial charge is 0.362 e. The number of aromatic nitrogens is 2. The fourth-order valence-electron chi connectivity index (χ4n) is 3.74. The third kappa shape index (κ3) is 7.60. The molecule has 4 rings (SSSR count). The average molecular weight is 613 g/mol. The Morgan fingerprint density at radius 3 is 2.21 bits per heavy atom. The average Bonchev–Trinajstić information content (AvgIpc) is 3.33. The van der Waals surface area contributed by atoms with Crippen molar-refractivity contribution in [3.8, 4) is 16.9 Å². The third-order valence-electron chi connectivity index (χ3n) is 5.68. The molecule has 1 aromatic heterocycles. The van der Waals surface area contributed by atoms with Gasteiger partial charge < -0.3 is 15.4 Å². The summed E-state index contributed by atoms with van der Waals surface area (Å²) in [5.74, 6) is -0.670. The van der Waals surface area contributed by atoms with Gasteiger partial charge in [0.1, 0.15) is 13.2 Å². The highest BCUT2D eigenvalue weighted by molar-refractivity contribution is 9.10. The first kappa shape index (κ1) is 28.2. The van der Waals surface area contributed by atoms with Crippen molar-refractivity contribution in [1.82, 2.24) is 15.1 Å². The SMILES string of the molecule is CNC(=O)COCC(=O)Nc1ccc(Cc2cc(-c3ccc(Br)cc3)n(-c3ccc(S(N)(=O)=O)cc3)n2)cc1. The number of carbonyl (C=O) groups is 2. The molecule has 39 heavy (non-hydrogen) atoms. The molecule has 0 aliphatic rings. The standard InChI is InChI=1S/C27H26BrN5O5S/c1-30-26(34)16-38-17-27(35)31-21-8-2-18(3-9-21)14-22-15-25(19-4-6-20(28)7-5-19)33(32-22)23-10-12-24(13-11-23)39(29,36)37/h2-13,15H,14,16-17H2,1H3,(H,30,34)(H,31,35)(H2,29,36,37). The third-order valence-corrected chi connectivity index (χ3v) is 7.14. The summed E-state index contributed by atoms with van der Waals surface area (Å²) in [5.41, 5.74) is 4.82. The molecule has 1 heterocycles. The van der Waals surface area contributed by atoms with Crippen LogP contribution in [0.15, 0.2) is 88.2 Å². The molecule has 0 radical (unpaired) electrons. The molecule has 12 heteroatoms. The van der Waals surface area contributed by atoms with Crippen LogP contribution in [0.4, 0.5) is 5.69 Å². The van der Waals surface area contributed by atoms with Crippen molar-refractivity contribution in [2.75, 3.05) is 25.6 Å². The van der Waals surface area contributed by atoms with Crippen LogP contribution in [0.3, 0.4) is 0 Å². The second-order valence-electron chi connectivity index (χ2n) is 8.57. The molecule has 0 saturated carbocycles. The summed E-state index contributed by atoms with van der Waals surface area (Å²) in [6.07, 6.45) is 0.523. The second-order valence-corrected chi connectivity index (χ2v) is 11.0. The van der Waals surface area contributed by atoms with Crippen molar-refractivity contribution < 1.29 is 22.7 Å². The van der Waals surface area contributed by atoms with E-state index >= 15 is 0 Å². The van der Waals surface area contributed by atoms with E-state index in [1.165, 1.54) is 19.2 Å². The molecule has 0 atom stereocenters. The lowest BCUT2D eigenvalue weighted by Crippen LogP contribution is -2.26. The van der Waals surface area contributed by atoms with E-state index in [0.29, 0.717) is 17.8 Å². The normalized spacial score (nSPS) is 11.3. The maximum Gasteiger partial charge on any atom is 0.250 e. The summed E-state index contributed by atoms with van der Waals surface area (Å²) in [6.45, 7) is -0.419. The molecule has 0 bridgehead atoms. The second kappa shape index (κ2) is 12.3. The van der Waals surface area contributed by atoms with Gasteiger partial charge in [-0.15, -0.1) is 0 Å². The van der Waals surface area contributed by atoms with Gasteiger partial charge in [-0.1, -0.05) is 40.2 Å². The van der Waals surface area contributed by atoms with Crippen LogP contribution < -0.4 is 15.8 Å². The zero-order valence-electron chi connectivity index (χ0n) is 20.9. The van der Waals surface area contributed by atoms with Crippen LogP contribution in [0.2, 0.25) is 0 Å². The van der Waals surface area contributed by atoms with Crippen molar-refractivity contribution in [3.05, 3.63) is 94.6 Å². The lowest BCUT2D eigenvalue weighted by molar-refractivity contribution is -0.128. The first-order chi connectivity index (χ1) is 18.6. The fraction of sp³-hybridized carbons (Fsp3) is 0.148. The van der Waals surface area contributed by atoms with Gasteiger partial charge in [0.05, 0.1) is 22.0 Å². The number of hydrogen-bond acceptors (Lipinski definition) is 6. The summed E-state index contributed by atoms with van der Waals surface area (Å²) in [4.78, 5) is 23.2. The molecule has 0 aliphatic carbocycles. The zero-order chi connectivity index (χ0) is 28.0. The predicted octanol–water partition coefficient (Wildman–Crippen LogP) is 3.24. The van der Waals surface area contributed by atoms with Crippen LogP contribution in [0.25, 0.3) is 16.9 Å². The summed E-state index contributed by atoms with van der Waals surface area (Å²) in [5, 5.41) is 15.2. The Hall–Kier alpha value is -3.84. The number of nitrogens with zero attached hydrogens (tertiary/aromatic N) is 2. The Bertz CT molecular complexity index is 1570. The summed E-state index contributed by atoms with van der Waals surface area (Å²) < 4.78 is 31.1. The van der Waals surface area contributed by atoms with E-state index in [1.54, 1.807) is 28.9 Å². The van der Waals surface area contributed by atoms with E-state index in [0.717, 1.165) is 27.0 Å². The van der Waals surface area contributed by atoms with Crippen molar-refractivity contribution in [2.45, 2.75) is 11.3 Å². The predicted molar refractivity (Wildman–Crippen MR) is 151 cm³/mol. The maximum atomic E-state index is 12.0. The van der Waals surface area contributed by atoms with Crippen LogP contribution in [-0.2, 0) is 30.8 Å². The van der Waals surface area contributed by atoms with Gasteiger partial charge in [0.15, 0.2) is 0 Å². The quantitative estimate of drug-likeness (QED) is 0.251. The lowest BCUT2D eigenvalue weighted by atomic mass is 10.1. The molecule has 4 N–H and O–H groups in total. The molecule has 202 valence electrons. The Kier molecular flexibility index (Phi) is 8.92. The summed E-state index contributed by atoms with van der Waals surface area (Å²) >= 11 is 3.46. The van der Waals surface area contributed by atoms with Gasteiger partial charge in [-0.2, -0.15) is 5.10 Å². The molecule has 0 aliphatic heterocycles. The van der Waals surface area contributed by atoms with Gasteiger partial charge in [-0.3, -0.25) is 9.59 Å². The Labute approximate surface area is 234 Å². The van der Waals surface area contributed by atoms with Crippen LogP contribution in [0, 0.1) is 0 Å². The number of anilines is 1. The van der Waals surface area contributed by atoms with Crippen molar-refractivity contribution in [2.24, 2.45) is 5.14 Å². The number of nitrogens with two attached hydrogens (primary N) is 1. The highest BCUT2D eigenvalue weighted by atomic mass is 79.9. The topological polar surface area (TPSA) is 145 Å². The number of amides is 2. The Morgan fingerprint density at radius 1 is 0.949 bits per heavy atom. The number of hydrogen-bond donors (Lipinski definition) is 3. The Morgan fingerprint density at radius 2 is 1.59 bits per heavy atom. The van der Waals surface area contributed by atoms with Gasteiger partial charge in [0.25, 0.3) is 0 Å². The Balaban J connectivity index is 1.52. The number of halogens is 1. The minimum Gasteiger partial charge on any atom is -0.362 e. The summed E-state index contributed by atoms with van der Waals surface area (Å²) in [7, 11) is -2.32. The fourth-order valence-corrected chi connectivity index (χ4v) is 4.52. The highest BCUT2D eigenvalue weighted by Crippen LogP contribution is 2.27. The minimum atomic E-state index is -3.81. The number of ether oxygens (including phenoxy) is 1. The summed E-state index contributed by atoms with van der Waals surface area (Å²) in [6, 6.07) is 23.4. The molecule has 3 aromatic carbocycles. The molecular weight excluding hydrogens is 586 g/mol. The molecule has 10 nitrogen and oxygen atoms in total. The zero-order valence-corrected chi connectivity index (χ0v) is 23.3. The van der Waals surface area contributed by atoms with Gasteiger partial charge in [-0.05, 0) is 60.2 Å². The first-order valence-electron chi connectivity index (χ1n) is 11.8. The lowest BCUT2D eigenvalue weighted by Gasteiger charge is -2.08. The van der Waals surface area contributed by atoms with Crippen LogP contribution >= 0.6 is 15.9 Å². The van der Waals surface area contributed by atoms with Gasteiger partial charge >= 0.3 is 0 Å². The first-order valence-corrected chi connectivity index (χ1v) is 14.1. The molecule has 0 saturated heterocycles. The van der Waals surface area contributed by atoms with Crippen molar-refractivity contribution in [3.63, 3.8) is 0 Å². The van der Waals surface area contributed by atoms with Crippen molar-refractivity contribution in [1.29, 1.82) is 0 Å². The van der Waals surface area contributed by atoms with Crippen LogP contribution in [-0.4, -0.2) is 50.3 Å². The van der Waals surface area contributed by atoms with E-state index in [4.69, 9.17) is 15.0 Å². The van der Waals surface area contributed by atoms with Crippen molar-refractivity contribution >= 4 is 43.5 Å². The van der Waals surface area contributed by atoms with E-state index in [9.17, 15) is 18.0 Å². The van der Waals surface area contributed by atoms with E-state index in [2.05, 4.69) is 26.6 Å². The molecule has 0 fully saturated rings. The number of benzene rings is 3. The monoisotopic (exact) mass is 611 g/mol. The van der Waals surface area contributed by atoms with Gasteiger partial charge in [-0.25, -0.2) is 18.2 Å². The smallest absolute Gasteiger partial charge is 0.250 e. The number of primary sulfonamides is 1. The molecule has 4 aromatic rings. The molecule has 2 amide bonds. The number of sulfonamides is 1. The highest BCUT2D eigenvalue weighted by Gasteiger charge is 2.14. The van der Waals surface area contributed by atoms with Crippen LogP contribution in [0.5, 0.6) is 0 Å². The van der Waals surface area contributed by atoms with E-state index < -0.39 is 10.0 Å². The number of nitrogens with one attached hydrogen (secondary N) is 2. The van der Waals surface area contributed by atoms with Gasteiger partial charge in [0, 0.05) is 29.2 Å². The molecule has 0 spiro atoms. The number of carbonyl (C=O) groups excluding carboxylic acids is 2. The maximum absolute atomic E-state index is 12.0. The van der Waals surface area contributed by atoms with E-state index in [-0.39, 0.29) is 29.9 Å². The number of likely N-dealkylation sites (N-methyl/N-ethyl adjacent to an activating group) is 1. The molecular formula is C27H26BrN5O5S. The minimum absolute atomic E-state index is 0.0222. The number of rotatable bonds is 10. The molecule has 0 unspecified atom stereocenters. The van der Waals surface area contributed by atoms with Gasteiger partial charge in [0.2, 0.25) is 21.8 Å². The van der Waals surface area contributed by atoms with Crippen LogP contribution in [0.1, 0.15) is 11.3 Å².